The third kappa shape index (κ3) is 3.70. The van der Waals surface area contributed by atoms with E-state index >= 15 is 0 Å². The minimum Gasteiger partial charge on any atom is -0.493 e. The molecule has 0 amide bonds. The SMILES string of the molecule is COc1cc(C)c(CN(C)Cc2nc3ccccc3c(=O)[nH]2)cc1OC. The predicted octanol–water partition coefficient (Wildman–Crippen LogP) is 2.88. The molecular formula is C20H23N3O3. The molecular weight excluding hydrogens is 330 g/mol. The van der Waals surface area contributed by atoms with E-state index in [-0.39, 0.29) is 5.56 Å². The summed E-state index contributed by atoms with van der Waals surface area (Å²) in [7, 11) is 5.25. The first-order valence-corrected chi connectivity index (χ1v) is 8.39. The number of hydrogen-bond donors (Lipinski definition) is 1. The quantitative estimate of drug-likeness (QED) is 0.738. The van der Waals surface area contributed by atoms with Crippen LogP contribution in [0.25, 0.3) is 10.9 Å². The van der Waals surface area contributed by atoms with Gasteiger partial charge in [0.25, 0.3) is 5.56 Å². The van der Waals surface area contributed by atoms with Crippen LogP contribution < -0.4 is 15.0 Å². The number of nitrogens with one attached hydrogen (secondary N) is 1. The van der Waals surface area contributed by atoms with Crippen molar-refractivity contribution in [1.82, 2.24) is 14.9 Å². The van der Waals surface area contributed by atoms with Gasteiger partial charge in [-0.1, -0.05) is 12.1 Å². The van der Waals surface area contributed by atoms with Gasteiger partial charge in [-0.2, -0.15) is 0 Å². The van der Waals surface area contributed by atoms with Crippen molar-refractivity contribution in [3.63, 3.8) is 0 Å². The number of ether oxygens (including phenoxy) is 2. The zero-order chi connectivity index (χ0) is 18.7. The van der Waals surface area contributed by atoms with Crippen LogP contribution in [0.5, 0.6) is 11.5 Å². The molecule has 3 aromatic rings. The molecule has 1 heterocycles. The molecule has 3 rings (SSSR count). The number of aromatic amines is 1. The van der Waals surface area contributed by atoms with Crippen molar-refractivity contribution in [3.05, 3.63) is 63.7 Å². The van der Waals surface area contributed by atoms with Crippen molar-refractivity contribution >= 4 is 10.9 Å². The Labute approximate surface area is 152 Å². The van der Waals surface area contributed by atoms with Gasteiger partial charge in [0, 0.05) is 6.54 Å². The molecule has 0 radical (unpaired) electrons. The molecule has 0 fully saturated rings. The highest BCUT2D eigenvalue weighted by Crippen LogP contribution is 2.30. The summed E-state index contributed by atoms with van der Waals surface area (Å²) in [4.78, 5) is 21.7. The first-order chi connectivity index (χ1) is 12.5. The number of hydrogen-bond acceptors (Lipinski definition) is 5. The van der Waals surface area contributed by atoms with Gasteiger partial charge in [-0.25, -0.2) is 4.98 Å². The number of nitrogens with zero attached hydrogens (tertiary/aromatic N) is 2. The highest BCUT2D eigenvalue weighted by atomic mass is 16.5. The monoisotopic (exact) mass is 353 g/mol. The lowest BCUT2D eigenvalue weighted by Crippen LogP contribution is -2.22. The van der Waals surface area contributed by atoms with Gasteiger partial charge in [0.2, 0.25) is 0 Å². The number of H-pyrrole nitrogens is 1. The molecule has 6 heteroatoms. The van der Waals surface area contributed by atoms with Gasteiger partial charge in [0.1, 0.15) is 5.82 Å². The largest absolute Gasteiger partial charge is 0.493 e. The highest BCUT2D eigenvalue weighted by Gasteiger charge is 2.12. The second-order valence-corrected chi connectivity index (χ2v) is 6.34. The first-order valence-electron chi connectivity index (χ1n) is 8.39. The van der Waals surface area contributed by atoms with Crippen LogP contribution in [-0.2, 0) is 13.1 Å². The number of benzene rings is 2. The van der Waals surface area contributed by atoms with Gasteiger partial charge in [-0.3, -0.25) is 9.69 Å². The number of rotatable bonds is 6. The second-order valence-electron chi connectivity index (χ2n) is 6.34. The normalized spacial score (nSPS) is 11.1. The molecule has 1 aromatic heterocycles. The highest BCUT2D eigenvalue weighted by molar-refractivity contribution is 5.77. The van der Waals surface area contributed by atoms with Gasteiger partial charge in [-0.15, -0.1) is 0 Å². The lowest BCUT2D eigenvalue weighted by Gasteiger charge is -2.19. The summed E-state index contributed by atoms with van der Waals surface area (Å²) >= 11 is 0. The topological polar surface area (TPSA) is 67.5 Å². The van der Waals surface area contributed by atoms with E-state index in [1.807, 2.05) is 44.3 Å². The number of aromatic nitrogens is 2. The van der Waals surface area contributed by atoms with Gasteiger partial charge in [0.15, 0.2) is 11.5 Å². The third-order valence-electron chi connectivity index (χ3n) is 4.36. The lowest BCUT2D eigenvalue weighted by molar-refractivity contribution is 0.308. The molecule has 2 aromatic carbocycles. The number of methoxy groups -OCH3 is 2. The standard InChI is InChI=1S/C20H23N3O3/c1-13-9-17(25-3)18(26-4)10-14(13)11-23(2)12-19-21-16-8-6-5-7-15(16)20(24)22-19/h5-10H,11-12H2,1-4H3,(H,21,22,24). The molecule has 0 atom stereocenters. The zero-order valence-electron chi connectivity index (χ0n) is 15.5. The zero-order valence-corrected chi connectivity index (χ0v) is 15.5. The fourth-order valence-corrected chi connectivity index (χ4v) is 3.01. The van der Waals surface area contributed by atoms with Crippen LogP contribution in [0.3, 0.4) is 0 Å². The van der Waals surface area contributed by atoms with E-state index in [1.54, 1.807) is 20.3 Å². The summed E-state index contributed by atoms with van der Waals surface area (Å²) in [6, 6.07) is 11.3. The Morgan fingerprint density at radius 3 is 2.50 bits per heavy atom. The predicted molar refractivity (Wildman–Crippen MR) is 102 cm³/mol. The van der Waals surface area contributed by atoms with E-state index in [0.717, 1.165) is 16.9 Å². The van der Waals surface area contributed by atoms with Crippen molar-refractivity contribution in [2.75, 3.05) is 21.3 Å². The maximum Gasteiger partial charge on any atom is 0.258 e. The molecule has 0 aliphatic heterocycles. The fourth-order valence-electron chi connectivity index (χ4n) is 3.01. The fraction of sp³-hybridized carbons (Fsp3) is 0.300. The van der Waals surface area contributed by atoms with Gasteiger partial charge in [-0.05, 0) is 49.4 Å². The van der Waals surface area contributed by atoms with E-state index in [9.17, 15) is 4.79 Å². The molecule has 0 saturated heterocycles. The Morgan fingerprint density at radius 2 is 1.77 bits per heavy atom. The molecule has 0 spiro atoms. The summed E-state index contributed by atoms with van der Waals surface area (Å²) in [6.07, 6.45) is 0. The molecule has 0 saturated carbocycles. The van der Waals surface area contributed by atoms with E-state index in [2.05, 4.69) is 14.9 Å². The number of aryl methyl sites for hydroxylation is 1. The molecule has 0 unspecified atom stereocenters. The number of para-hydroxylation sites is 1. The Morgan fingerprint density at radius 1 is 1.08 bits per heavy atom. The Kier molecular flexibility index (Phi) is 5.23. The Hall–Kier alpha value is -2.86. The summed E-state index contributed by atoms with van der Waals surface area (Å²) in [5.74, 6) is 2.07. The molecule has 0 aliphatic rings. The average Bonchev–Trinajstić information content (AvgIpc) is 2.63. The molecule has 1 N–H and O–H groups in total. The van der Waals surface area contributed by atoms with Crippen LogP contribution >= 0.6 is 0 Å². The van der Waals surface area contributed by atoms with Crippen molar-refractivity contribution in [3.8, 4) is 11.5 Å². The van der Waals surface area contributed by atoms with Crippen LogP contribution in [0.15, 0.2) is 41.2 Å². The smallest absolute Gasteiger partial charge is 0.258 e. The first kappa shape index (κ1) is 17.9. The average molecular weight is 353 g/mol. The van der Waals surface area contributed by atoms with Crippen molar-refractivity contribution < 1.29 is 9.47 Å². The Balaban J connectivity index is 1.81. The van der Waals surface area contributed by atoms with Crippen molar-refractivity contribution in [1.29, 1.82) is 0 Å². The maximum absolute atomic E-state index is 12.2. The molecule has 0 aliphatic carbocycles. The minimum atomic E-state index is -0.110. The summed E-state index contributed by atoms with van der Waals surface area (Å²) < 4.78 is 10.7. The third-order valence-corrected chi connectivity index (χ3v) is 4.36. The van der Waals surface area contributed by atoms with Gasteiger partial charge < -0.3 is 14.5 Å². The Bertz CT molecular complexity index is 982. The van der Waals surface area contributed by atoms with Gasteiger partial charge >= 0.3 is 0 Å². The minimum absolute atomic E-state index is 0.110. The van der Waals surface area contributed by atoms with E-state index in [0.29, 0.717) is 35.6 Å². The number of fused-ring (bicyclic) bond motifs is 1. The van der Waals surface area contributed by atoms with E-state index in [1.165, 1.54) is 0 Å². The van der Waals surface area contributed by atoms with Crippen LogP contribution in [0.1, 0.15) is 17.0 Å². The van der Waals surface area contributed by atoms with Crippen molar-refractivity contribution in [2.45, 2.75) is 20.0 Å². The van der Waals surface area contributed by atoms with Crippen LogP contribution in [0.4, 0.5) is 0 Å². The lowest BCUT2D eigenvalue weighted by atomic mass is 10.1. The molecule has 6 nitrogen and oxygen atoms in total. The summed E-state index contributed by atoms with van der Waals surface area (Å²) in [5, 5.41) is 0.606. The van der Waals surface area contributed by atoms with Crippen LogP contribution in [0.2, 0.25) is 0 Å². The second kappa shape index (κ2) is 7.58. The summed E-state index contributed by atoms with van der Waals surface area (Å²) in [6.45, 7) is 3.28. The van der Waals surface area contributed by atoms with Crippen molar-refractivity contribution in [2.24, 2.45) is 0 Å². The molecule has 136 valence electrons. The van der Waals surface area contributed by atoms with Gasteiger partial charge in [0.05, 0.1) is 31.7 Å². The maximum atomic E-state index is 12.2. The molecule has 26 heavy (non-hydrogen) atoms. The van der Waals surface area contributed by atoms with Crippen LogP contribution in [-0.4, -0.2) is 36.1 Å². The summed E-state index contributed by atoms with van der Waals surface area (Å²) in [5.41, 5.74) is 2.85. The van der Waals surface area contributed by atoms with E-state index in [4.69, 9.17) is 9.47 Å². The van der Waals surface area contributed by atoms with E-state index < -0.39 is 0 Å². The molecule has 0 bridgehead atoms. The van der Waals surface area contributed by atoms with Crippen LogP contribution in [0, 0.1) is 6.92 Å².